The Morgan fingerprint density at radius 1 is 0.228 bits per heavy atom. The summed E-state index contributed by atoms with van der Waals surface area (Å²) in [6.45, 7) is 26.4. The van der Waals surface area contributed by atoms with Crippen LogP contribution < -0.4 is 18.9 Å². The van der Waals surface area contributed by atoms with Crippen LogP contribution in [0.4, 0.5) is 0 Å². The fraction of sp³-hybridized carbons (Fsp3) is 0.195. The second-order valence-corrected chi connectivity index (χ2v) is 26.8. The molecule has 0 aliphatic carbocycles. The highest BCUT2D eigenvalue weighted by atomic mass is 32.1. The Bertz CT molecular complexity index is 4420. The van der Waals surface area contributed by atoms with Gasteiger partial charge in [-0.05, 0) is 247 Å². The van der Waals surface area contributed by atoms with Crippen molar-refractivity contribution in [3.63, 3.8) is 0 Å². The Morgan fingerprint density at radius 3 is 0.598 bits per heavy atom. The Labute approximate surface area is 548 Å². The number of aryl methyl sites for hydroxylation is 12. The molecule has 458 valence electrons. The van der Waals surface area contributed by atoms with Crippen molar-refractivity contribution in [1.82, 2.24) is 19.9 Å². The van der Waals surface area contributed by atoms with E-state index in [0.29, 0.717) is 23.0 Å². The number of fused-ring (bicyclic) bond motifs is 12. The largest absolute Gasteiger partial charge is 0.496 e. The van der Waals surface area contributed by atoms with Gasteiger partial charge in [0.25, 0.3) is 0 Å². The van der Waals surface area contributed by atoms with Crippen LogP contribution in [0.1, 0.15) is 112 Å². The molecule has 0 saturated heterocycles. The molecule has 0 radical (unpaired) electrons. The minimum Gasteiger partial charge on any atom is -0.496 e. The van der Waals surface area contributed by atoms with Gasteiger partial charge in [-0.25, -0.2) is 19.9 Å². The van der Waals surface area contributed by atoms with E-state index in [9.17, 15) is 0 Å². The first-order valence-electron chi connectivity index (χ1n) is 31.1. The summed E-state index contributed by atoms with van der Waals surface area (Å²) in [6.07, 6.45) is 17.2. The standard InChI is InChI=1S/C82H74N4O4S2/c1-43-35-47(5)71(48(6)36-43)77-59-27-23-55(83-59)75(81-63(87-13)19-17-20-64(81)88-14)56-24-29-61(84-56)79(73-51(9)39-45(3)40-52(73)10)69-33-34-70(92-69)80(74-53(11)41-46(4)42-54(74)12)62-30-26-58(86-62)76(82-65(89-15)21-18-22-66(82)90-16)57-25-28-60(85-57)78(68-32-31-67(77)91-68)72-49(7)37-44(2)38-50(72)8/h17-42H,1-16H3. The Kier molecular flexibility index (Phi) is 16.3. The number of nitrogens with zero attached hydrogens (tertiary/aromatic N) is 4. The Balaban J connectivity index is 1.29. The summed E-state index contributed by atoms with van der Waals surface area (Å²) in [5.74, 6) is 2.58. The summed E-state index contributed by atoms with van der Waals surface area (Å²) in [4.78, 5) is 23.2. The van der Waals surface area contributed by atoms with Crippen LogP contribution in [0.25, 0.3) is 134 Å². The summed E-state index contributed by atoms with van der Waals surface area (Å²) >= 11 is 3.51. The first-order chi connectivity index (χ1) is 44.4. The molecule has 0 spiro atoms. The van der Waals surface area contributed by atoms with Gasteiger partial charge < -0.3 is 18.9 Å². The van der Waals surface area contributed by atoms with Gasteiger partial charge in [0, 0.05) is 52.2 Å². The molecule has 6 aromatic carbocycles. The maximum absolute atomic E-state index is 6.28. The van der Waals surface area contributed by atoms with E-state index in [1.54, 1.807) is 51.1 Å². The van der Waals surface area contributed by atoms with E-state index in [2.05, 4.69) is 204 Å². The molecule has 9 aromatic rings. The predicted molar refractivity (Wildman–Crippen MR) is 390 cm³/mol. The van der Waals surface area contributed by atoms with Crippen molar-refractivity contribution in [3.05, 3.63) is 222 Å². The second-order valence-electron chi connectivity index (χ2n) is 24.6. The topological polar surface area (TPSA) is 88.5 Å². The first-order valence-corrected chi connectivity index (χ1v) is 32.8. The van der Waals surface area contributed by atoms with Crippen LogP contribution in [-0.4, -0.2) is 48.4 Å². The molecule has 0 amide bonds. The SMILES string of the molecule is COc1cccc(OC)c1-c1c2nc(c(-c3c(C)cc(C)cc3C)c3ccc(s3)c(-c3c(C)cc(C)cc3C)c3nc(c(-c4c(OC)cccc4OC)c4nc(c(-c5c(C)cc(C)cc5C)c5ccc(s5)c(-c5c(C)cc(C)cc5C)c5nc1C=C5)C=C4)C=C3)C=C2. The summed E-state index contributed by atoms with van der Waals surface area (Å²) in [7, 11) is 6.84. The maximum atomic E-state index is 6.28. The molecule has 0 saturated carbocycles. The van der Waals surface area contributed by atoms with Crippen molar-refractivity contribution in [2.75, 3.05) is 28.4 Å². The second kappa shape index (κ2) is 24.5. The lowest BCUT2D eigenvalue weighted by Crippen LogP contribution is -1.97. The zero-order valence-electron chi connectivity index (χ0n) is 55.2. The average Bonchev–Trinajstić information content (AvgIpc) is 1.63. The monoisotopic (exact) mass is 1240 g/mol. The highest BCUT2D eigenvalue weighted by Crippen LogP contribution is 2.50. The molecule has 8 nitrogen and oxygen atoms in total. The van der Waals surface area contributed by atoms with Crippen LogP contribution in [-0.2, 0) is 0 Å². The number of ether oxygens (including phenoxy) is 4. The molecule has 0 unspecified atom stereocenters. The lowest BCUT2D eigenvalue weighted by atomic mass is 9.93. The smallest absolute Gasteiger partial charge is 0.130 e. The molecule has 10 heteroatoms. The Morgan fingerprint density at radius 2 is 0.413 bits per heavy atom. The number of aromatic nitrogens is 4. The number of hydrogen-bond donors (Lipinski definition) is 0. The molecule has 13 rings (SSSR count). The fourth-order valence-electron chi connectivity index (χ4n) is 14.6. The van der Waals surface area contributed by atoms with E-state index in [-0.39, 0.29) is 0 Å². The van der Waals surface area contributed by atoms with Crippen molar-refractivity contribution in [1.29, 1.82) is 0 Å². The molecular formula is C82H74N4O4S2. The zero-order valence-corrected chi connectivity index (χ0v) is 56.9. The van der Waals surface area contributed by atoms with Crippen LogP contribution >= 0.6 is 22.7 Å². The number of thiophene rings is 2. The lowest BCUT2D eigenvalue weighted by molar-refractivity contribution is 0.397. The minimum atomic E-state index is 0.645. The van der Waals surface area contributed by atoms with Crippen molar-refractivity contribution in [2.24, 2.45) is 0 Å². The van der Waals surface area contributed by atoms with Crippen LogP contribution in [0.3, 0.4) is 0 Å². The van der Waals surface area contributed by atoms with Crippen LogP contribution in [0.2, 0.25) is 0 Å². The number of hydrogen-bond acceptors (Lipinski definition) is 10. The van der Waals surface area contributed by atoms with Crippen LogP contribution in [0.5, 0.6) is 23.0 Å². The van der Waals surface area contributed by atoms with E-state index in [1.165, 1.54) is 22.3 Å². The van der Waals surface area contributed by atoms with Gasteiger partial charge >= 0.3 is 0 Å². The van der Waals surface area contributed by atoms with E-state index in [1.807, 2.05) is 36.4 Å². The number of methoxy groups -OCH3 is 4. The van der Waals surface area contributed by atoms with Gasteiger partial charge in [-0.2, -0.15) is 0 Å². The van der Waals surface area contributed by atoms with Crippen molar-refractivity contribution in [3.8, 4) is 89.8 Å². The van der Waals surface area contributed by atoms with E-state index in [0.717, 1.165) is 176 Å². The van der Waals surface area contributed by atoms with E-state index < -0.39 is 0 Å². The van der Waals surface area contributed by atoms with Crippen LogP contribution in [0, 0.1) is 83.1 Å². The average molecular weight is 1240 g/mol. The van der Waals surface area contributed by atoms with Gasteiger partial charge in [-0.3, -0.25) is 0 Å². The van der Waals surface area contributed by atoms with Gasteiger partial charge in [0.2, 0.25) is 0 Å². The molecule has 7 heterocycles. The van der Waals surface area contributed by atoms with E-state index >= 15 is 0 Å². The molecule has 0 N–H and O–H groups in total. The van der Waals surface area contributed by atoms with Gasteiger partial charge in [0.1, 0.15) is 23.0 Å². The highest BCUT2D eigenvalue weighted by molar-refractivity contribution is 7.24. The molecule has 0 fully saturated rings. The van der Waals surface area contributed by atoms with E-state index in [4.69, 9.17) is 38.9 Å². The van der Waals surface area contributed by atoms with Crippen molar-refractivity contribution in [2.45, 2.75) is 83.1 Å². The highest BCUT2D eigenvalue weighted by Gasteiger charge is 2.28. The molecule has 92 heavy (non-hydrogen) atoms. The molecule has 3 aromatic heterocycles. The normalized spacial score (nSPS) is 12.2. The number of benzene rings is 6. The van der Waals surface area contributed by atoms with Crippen molar-refractivity contribution < 1.29 is 18.9 Å². The molecule has 4 aliphatic heterocycles. The van der Waals surface area contributed by atoms with Gasteiger partial charge in [-0.15, -0.1) is 22.7 Å². The minimum absolute atomic E-state index is 0.645. The molecule has 4 aliphatic rings. The zero-order chi connectivity index (χ0) is 64.5. The molecule has 12 bridgehead atoms. The lowest BCUT2D eigenvalue weighted by Gasteiger charge is -2.15. The first kappa shape index (κ1) is 61.1. The summed E-state index contributed by atoms with van der Waals surface area (Å²) in [6, 6.07) is 39.2. The van der Waals surface area contributed by atoms with Crippen molar-refractivity contribution >= 4 is 90.1 Å². The summed E-state index contributed by atoms with van der Waals surface area (Å²) in [5, 5.41) is 0. The molecule has 0 atom stereocenters. The number of rotatable bonds is 10. The third-order valence-electron chi connectivity index (χ3n) is 17.9. The molecular weight excluding hydrogens is 1170 g/mol. The summed E-state index contributed by atoms with van der Waals surface area (Å²) in [5.41, 5.74) is 32.1. The maximum Gasteiger partial charge on any atom is 0.130 e. The van der Waals surface area contributed by atoms with Crippen LogP contribution in [0.15, 0.2) is 109 Å². The van der Waals surface area contributed by atoms with Gasteiger partial charge in [0.15, 0.2) is 0 Å². The quantitative estimate of drug-likeness (QED) is 0.134. The predicted octanol–water partition coefficient (Wildman–Crippen LogP) is 21.9. The third kappa shape index (κ3) is 10.8. The Hall–Kier alpha value is -9.74. The van der Waals surface area contributed by atoms with Gasteiger partial charge in [-0.1, -0.05) is 82.9 Å². The summed E-state index contributed by atoms with van der Waals surface area (Å²) < 4.78 is 29.4. The fourth-order valence-corrected chi connectivity index (χ4v) is 16.8. The van der Waals surface area contributed by atoms with Gasteiger partial charge in [0.05, 0.1) is 85.1 Å². The third-order valence-corrected chi connectivity index (χ3v) is 20.1.